The quantitative estimate of drug-likeness (QED) is 0.766. The van der Waals surface area contributed by atoms with E-state index in [2.05, 4.69) is 10.4 Å². The van der Waals surface area contributed by atoms with Crippen molar-refractivity contribution in [3.63, 3.8) is 0 Å². The van der Waals surface area contributed by atoms with Crippen molar-refractivity contribution in [1.29, 1.82) is 0 Å². The highest BCUT2D eigenvalue weighted by Gasteiger charge is 2.40. The number of benzene rings is 1. The molecule has 0 aliphatic carbocycles. The maximum absolute atomic E-state index is 13.6. The normalized spacial score (nSPS) is 14.6. The van der Waals surface area contributed by atoms with Crippen molar-refractivity contribution in [2.75, 3.05) is 19.6 Å². The SMILES string of the molecule is Cc1ccc(-n2ncc(C(=O)NCCCN3CCCC3=O)c2C(F)(F)F)cc1. The maximum Gasteiger partial charge on any atom is 0.434 e. The predicted octanol–water partition coefficient (Wildman–Crippen LogP) is 2.94. The Morgan fingerprint density at radius 1 is 1.25 bits per heavy atom. The van der Waals surface area contributed by atoms with E-state index in [0.29, 0.717) is 25.9 Å². The van der Waals surface area contributed by atoms with Crippen molar-refractivity contribution >= 4 is 11.8 Å². The first-order valence-corrected chi connectivity index (χ1v) is 9.05. The summed E-state index contributed by atoms with van der Waals surface area (Å²) in [6, 6.07) is 6.39. The van der Waals surface area contributed by atoms with E-state index in [0.717, 1.165) is 22.9 Å². The van der Waals surface area contributed by atoms with Crippen LogP contribution in [-0.2, 0) is 11.0 Å². The van der Waals surface area contributed by atoms with Crippen LogP contribution in [0.15, 0.2) is 30.5 Å². The van der Waals surface area contributed by atoms with Gasteiger partial charge in [0.2, 0.25) is 5.91 Å². The van der Waals surface area contributed by atoms with E-state index >= 15 is 0 Å². The molecule has 0 bridgehead atoms. The number of carbonyl (C=O) groups excluding carboxylic acids is 2. The van der Waals surface area contributed by atoms with E-state index in [4.69, 9.17) is 0 Å². The lowest BCUT2D eigenvalue weighted by Crippen LogP contribution is -2.31. The van der Waals surface area contributed by atoms with E-state index in [1.165, 1.54) is 12.1 Å². The summed E-state index contributed by atoms with van der Waals surface area (Å²) in [4.78, 5) is 25.6. The highest BCUT2D eigenvalue weighted by atomic mass is 19.4. The largest absolute Gasteiger partial charge is 0.434 e. The van der Waals surface area contributed by atoms with Gasteiger partial charge in [-0.25, -0.2) is 4.68 Å². The number of amides is 2. The first-order valence-electron chi connectivity index (χ1n) is 9.05. The number of aromatic nitrogens is 2. The molecule has 0 spiro atoms. The van der Waals surface area contributed by atoms with Gasteiger partial charge in [0.25, 0.3) is 5.91 Å². The van der Waals surface area contributed by atoms with Crippen LogP contribution in [0, 0.1) is 6.92 Å². The van der Waals surface area contributed by atoms with Gasteiger partial charge in [0.05, 0.1) is 17.4 Å². The molecule has 150 valence electrons. The standard InChI is InChI=1S/C19H21F3N4O2/c1-13-5-7-14(8-6-13)26-17(19(20,21)22)15(12-24-26)18(28)23-9-3-11-25-10-2-4-16(25)27/h5-8,12H,2-4,9-11H2,1H3,(H,23,28). The van der Waals surface area contributed by atoms with Crippen LogP contribution >= 0.6 is 0 Å². The lowest BCUT2D eigenvalue weighted by Gasteiger charge is -2.15. The molecule has 1 aromatic heterocycles. The number of likely N-dealkylation sites (tertiary alicyclic amines) is 1. The van der Waals surface area contributed by atoms with Crippen LogP contribution in [0.2, 0.25) is 0 Å². The summed E-state index contributed by atoms with van der Waals surface area (Å²) in [5.41, 5.74) is -0.502. The Labute approximate surface area is 160 Å². The van der Waals surface area contributed by atoms with Gasteiger partial charge in [-0.2, -0.15) is 18.3 Å². The van der Waals surface area contributed by atoms with E-state index in [9.17, 15) is 22.8 Å². The number of rotatable bonds is 6. The molecule has 6 nitrogen and oxygen atoms in total. The molecule has 2 amide bonds. The highest BCUT2D eigenvalue weighted by molar-refractivity contribution is 5.95. The minimum absolute atomic E-state index is 0.0741. The number of nitrogens with zero attached hydrogens (tertiary/aromatic N) is 3. The van der Waals surface area contributed by atoms with Gasteiger partial charge in [-0.15, -0.1) is 0 Å². The van der Waals surface area contributed by atoms with Crippen LogP contribution in [-0.4, -0.2) is 46.1 Å². The van der Waals surface area contributed by atoms with Gasteiger partial charge in [-0.1, -0.05) is 17.7 Å². The highest BCUT2D eigenvalue weighted by Crippen LogP contribution is 2.33. The average Bonchev–Trinajstić information content (AvgIpc) is 3.25. The lowest BCUT2D eigenvalue weighted by atomic mass is 10.2. The third-order valence-electron chi connectivity index (χ3n) is 4.62. The molecule has 1 fully saturated rings. The Kier molecular flexibility index (Phi) is 5.71. The van der Waals surface area contributed by atoms with Gasteiger partial charge in [-0.05, 0) is 31.9 Å². The van der Waals surface area contributed by atoms with Gasteiger partial charge in [0.1, 0.15) is 0 Å². The molecule has 3 rings (SSSR count). The van der Waals surface area contributed by atoms with Crippen molar-refractivity contribution in [3.05, 3.63) is 47.3 Å². The fraction of sp³-hybridized carbons (Fsp3) is 0.421. The van der Waals surface area contributed by atoms with Crippen LogP contribution in [0.3, 0.4) is 0 Å². The Bertz CT molecular complexity index is 859. The molecule has 1 aromatic carbocycles. The van der Waals surface area contributed by atoms with E-state index < -0.39 is 23.3 Å². The summed E-state index contributed by atoms with van der Waals surface area (Å²) in [5.74, 6) is -0.761. The molecule has 28 heavy (non-hydrogen) atoms. The van der Waals surface area contributed by atoms with E-state index in [1.807, 2.05) is 6.92 Å². The average molecular weight is 394 g/mol. The molecule has 9 heteroatoms. The van der Waals surface area contributed by atoms with Gasteiger partial charge in [0.15, 0.2) is 5.69 Å². The Balaban J connectivity index is 1.71. The minimum atomic E-state index is -4.74. The van der Waals surface area contributed by atoms with Crippen LogP contribution < -0.4 is 5.32 Å². The third-order valence-corrected chi connectivity index (χ3v) is 4.62. The van der Waals surface area contributed by atoms with E-state index in [-0.39, 0.29) is 18.1 Å². The monoisotopic (exact) mass is 394 g/mol. The summed E-state index contributed by atoms with van der Waals surface area (Å²) < 4.78 is 41.6. The topological polar surface area (TPSA) is 67.2 Å². The number of hydrogen-bond donors (Lipinski definition) is 1. The van der Waals surface area contributed by atoms with Crippen molar-refractivity contribution in [2.24, 2.45) is 0 Å². The third kappa shape index (κ3) is 4.35. The van der Waals surface area contributed by atoms with Crippen LogP contribution in [0.25, 0.3) is 5.69 Å². The predicted molar refractivity (Wildman–Crippen MR) is 96.1 cm³/mol. The van der Waals surface area contributed by atoms with E-state index in [1.54, 1.807) is 17.0 Å². The number of nitrogens with one attached hydrogen (secondary N) is 1. The number of halogens is 3. The molecule has 0 unspecified atom stereocenters. The summed E-state index contributed by atoms with van der Waals surface area (Å²) in [6.07, 6.45) is -1.99. The molecule has 0 saturated carbocycles. The fourth-order valence-corrected chi connectivity index (χ4v) is 3.18. The first kappa shape index (κ1) is 19.9. The number of hydrogen-bond acceptors (Lipinski definition) is 3. The van der Waals surface area contributed by atoms with Gasteiger partial charge >= 0.3 is 6.18 Å². The summed E-state index contributed by atoms with van der Waals surface area (Å²) >= 11 is 0. The molecule has 1 saturated heterocycles. The molecular weight excluding hydrogens is 373 g/mol. The lowest BCUT2D eigenvalue weighted by molar-refractivity contribution is -0.143. The number of carbonyl (C=O) groups is 2. The molecule has 2 aromatic rings. The summed E-state index contributed by atoms with van der Waals surface area (Å²) in [6.45, 7) is 3.17. The van der Waals surface area contributed by atoms with Gasteiger partial charge < -0.3 is 10.2 Å². The molecule has 1 aliphatic heterocycles. The van der Waals surface area contributed by atoms with Crippen LogP contribution in [0.5, 0.6) is 0 Å². The second kappa shape index (κ2) is 8.04. The summed E-state index contributed by atoms with van der Waals surface area (Å²) in [5, 5.41) is 6.28. The maximum atomic E-state index is 13.6. The first-order chi connectivity index (χ1) is 13.3. The zero-order valence-electron chi connectivity index (χ0n) is 15.4. The molecule has 1 aliphatic rings. The second-order valence-electron chi connectivity index (χ2n) is 6.75. The number of aryl methyl sites for hydroxylation is 1. The van der Waals surface area contributed by atoms with Gasteiger partial charge in [0, 0.05) is 26.1 Å². The molecule has 0 atom stereocenters. The van der Waals surface area contributed by atoms with Crippen molar-refractivity contribution in [3.8, 4) is 5.69 Å². The van der Waals surface area contributed by atoms with Crippen molar-refractivity contribution in [2.45, 2.75) is 32.4 Å². The molecular formula is C19H21F3N4O2. The number of alkyl halides is 3. The molecule has 0 radical (unpaired) electrons. The Hall–Kier alpha value is -2.84. The van der Waals surface area contributed by atoms with Crippen molar-refractivity contribution in [1.82, 2.24) is 20.0 Å². The minimum Gasteiger partial charge on any atom is -0.352 e. The Morgan fingerprint density at radius 2 is 1.96 bits per heavy atom. The zero-order valence-corrected chi connectivity index (χ0v) is 15.4. The van der Waals surface area contributed by atoms with Gasteiger partial charge in [-0.3, -0.25) is 9.59 Å². The molecule has 1 N–H and O–H groups in total. The van der Waals surface area contributed by atoms with Crippen LogP contribution in [0.1, 0.15) is 40.9 Å². The fourth-order valence-electron chi connectivity index (χ4n) is 3.18. The van der Waals surface area contributed by atoms with Crippen LogP contribution in [0.4, 0.5) is 13.2 Å². The zero-order chi connectivity index (χ0) is 20.3. The summed E-state index contributed by atoms with van der Waals surface area (Å²) in [7, 11) is 0. The second-order valence-corrected chi connectivity index (χ2v) is 6.75. The molecule has 2 heterocycles. The van der Waals surface area contributed by atoms with Crippen molar-refractivity contribution < 1.29 is 22.8 Å². The smallest absolute Gasteiger partial charge is 0.352 e. The Morgan fingerprint density at radius 3 is 2.57 bits per heavy atom.